The first-order chi connectivity index (χ1) is 11.1. The molecule has 1 aromatic heterocycles. The van der Waals surface area contributed by atoms with Gasteiger partial charge < -0.3 is 20.1 Å². The summed E-state index contributed by atoms with van der Waals surface area (Å²) in [4.78, 5) is 26.5. The molecule has 0 unspecified atom stereocenters. The molecule has 7 nitrogen and oxygen atoms in total. The molecule has 23 heavy (non-hydrogen) atoms. The Morgan fingerprint density at radius 2 is 2.26 bits per heavy atom. The van der Waals surface area contributed by atoms with Crippen LogP contribution in [0, 0.1) is 12.8 Å². The molecule has 2 aliphatic heterocycles. The number of hydrogen-bond donors (Lipinski definition) is 2. The first kappa shape index (κ1) is 16.0. The van der Waals surface area contributed by atoms with Gasteiger partial charge in [0, 0.05) is 31.7 Å². The van der Waals surface area contributed by atoms with E-state index in [1.165, 1.54) is 0 Å². The number of nitrogens with zero attached hydrogens (tertiary/aromatic N) is 2. The summed E-state index contributed by atoms with van der Waals surface area (Å²) < 4.78 is 5.05. The molecule has 2 N–H and O–H groups in total. The van der Waals surface area contributed by atoms with Gasteiger partial charge in [-0.15, -0.1) is 0 Å². The second-order valence-electron chi connectivity index (χ2n) is 6.47. The van der Waals surface area contributed by atoms with Crippen LogP contribution in [0.25, 0.3) is 0 Å². The van der Waals surface area contributed by atoms with Crippen LogP contribution in [0.15, 0.2) is 10.6 Å². The lowest BCUT2D eigenvalue weighted by atomic mass is 9.97. The number of carbonyl (C=O) groups excluding carboxylic acids is 2. The van der Waals surface area contributed by atoms with Crippen LogP contribution in [0.2, 0.25) is 0 Å². The molecule has 3 heterocycles. The molecule has 2 atom stereocenters. The van der Waals surface area contributed by atoms with E-state index in [1.807, 2.05) is 0 Å². The Balaban J connectivity index is 1.55. The molecule has 2 aliphatic rings. The number of aryl methyl sites for hydroxylation is 1. The van der Waals surface area contributed by atoms with Crippen molar-refractivity contribution in [1.82, 2.24) is 20.7 Å². The number of amides is 2. The monoisotopic (exact) mass is 320 g/mol. The van der Waals surface area contributed by atoms with Crippen LogP contribution >= 0.6 is 0 Å². The second kappa shape index (κ2) is 7.12. The van der Waals surface area contributed by atoms with E-state index in [4.69, 9.17) is 4.52 Å². The molecule has 2 fully saturated rings. The average molecular weight is 320 g/mol. The lowest BCUT2D eigenvalue weighted by Gasteiger charge is -2.33. The summed E-state index contributed by atoms with van der Waals surface area (Å²) in [6, 6.07) is 1.67. The van der Waals surface area contributed by atoms with Gasteiger partial charge in [-0.3, -0.25) is 9.59 Å². The predicted octanol–water partition coefficient (Wildman–Crippen LogP) is 0.703. The molecule has 2 saturated heterocycles. The van der Waals surface area contributed by atoms with Crippen molar-refractivity contribution in [2.75, 3.05) is 26.2 Å². The van der Waals surface area contributed by atoms with E-state index in [0.717, 1.165) is 38.8 Å². The SMILES string of the molecule is Cc1cc(C(=O)N2CCC[C@H](NC(=O)[C@H]3CCCNC3)C2)on1. The first-order valence-electron chi connectivity index (χ1n) is 8.37. The van der Waals surface area contributed by atoms with Crippen molar-refractivity contribution >= 4 is 11.8 Å². The maximum Gasteiger partial charge on any atom is 0.292 e. The highest BCUT2D eigenvalue weighted by Gasteiger charge is 2.29. The third-order valence-electron chi connectivity index (χ3n) is 4.56. The Kier molecular flexibility index (Phi) is 4.95. The number of rotatable bonds is 3. The molecule has 126 valence electrons. The normalized spacial score (nSPS) is 25.2. The van der Waals surface area contributed by atoms with Crippen molar-refractivity contribution in [3.63, 3.8) is 0 Å². The van der Waals surface area contributed by atoms with E-state index in [-0.39, 0.29) is 29.5 Å². The van der Waals surface area contributed by atoms with E-state index < -0.39 is 0 Å². The minimum Gasteiger partial charge on any atom is -0.351 e. The summed E-state index contributed by atoms with van der Waals surface area (Å²) in [5, 5.41) is 10.1. The number of piperidine rings is 2. The minimum absolute atomic E-state index is 0.0196. The summed E-state index contributed by atoms with van der Waals surface area (Å²) in [6.45, 7) is 4.75. The van der Waals surface area contributed by atoms with Gasteiger partial charge in [0.15, 0.2) is 0 Å². The van der Waals surface area contributed by atoms with Gasteiger partial charge in [0.05, 0.1) is 11.6 Å². The zero-order valence-corrected chi connectivity index (χ0v) is 13.5. The van der Waals surface area contributed by atoms with Gasteiger partial charge in [0.2, 0.25) is 11.7 Å². The van der Waals surface area contributed by atoms with E-state index in [9.17, 15) is 9.59 Å². The van der Waals surface area contributed by atoms with E-state index in [2.05, 4.69) is 15.8 Å². The number of likely N-dealkylation sites (tertiary alicyclic amines) is 1. The van der Waals surface area contributed by atoms with Gasteiger partial charge in [-0.2, -0.15) is 0 Å². The van der Waals surface area contributed by atoms with Crippen LogP contribution in [0.5, 0.6) is 0 Å². The Labute approximate surface area is 135 Å². The average Bonchev–Trinajstić information content (AvgIpc) is 3.01. The van der Waals surface area contributed by atoms with E-state index in [0.29, 0.717) is 18.8 Å². The Hall–Kier alpha value is -1.89. The van der Waals surface area contributed by atoms with Crippen LogP contribution in [0.4, 0.5) is 0 Å². The number of carbonyl (C=O) groups is 2. The highest BCUT2D eigenvalue weighted by Crippen LogP contribution is 2.16. The van der Waals surface area contributed by atoms with Gasteiger partial charge >= 0.3 is 0 Å². The summed E-state index contributed by atoms with van der Waals surface area (Å²) in [6.07, 6.45) is 3.77. The van der Waals surface area contributed by atoms with E-state index in [1.54, 1.807) is 17.9 Å². The lowest BCUT2D eigenvalue weighted by molar-refractivity contribution is -0.126. The standard InChI is InChI=1S/C16H24N4O3/c1-11-8-14(23-19-11)16(22)20-7-3-5-13(10-20)18-15(21)12-4-2-6-17-9-12/h8,12-13,17H,2-7,9-10H2,1H3,(H,18,21)/t12-,13-/m0/s1. The first-order valence-corrected chi connectivity index (χ1v) is 8.37. The van der Waals surface area contributed by atoms with Gasteiger partial charge in [-0.1, -0.05) is 5.16 Å². The Morgan fingerprint density at radius 1 is 1.39 bits per heavy atom. The highest BCUT2D eigenvalue weighted by atomic mass is 16.5. The zero-order chi connectivity index (χ0) is 16.2. The fraction of sp³-hybridized carbons (Fsp3) is 0.688. The molecule has 1 aromatic rings. The van der Waals surface area contributed by atoms with Crippen LogP contribution in [-0.4, -0.2) is 54.1 Å². The third-order valence-corrected chi connectivity index (χ3v) is 4.56. The summed E-state index contributed by atoms with van der Waals surface area (Å²) in [5.41, 5.74) is 0.694. The Morgan fingerprint density at radius 3 is 2.96 bits per heavy atom. The van der Waals surface area contributed by atoms with Crippen molar-refractivity contribution < 1.29 is 14.1 Å². The highest BCUT2D eigenvalue weighted by molar-refractivity contribution is 5.91. The minimum atomic E-state index is -0.149. The van der Waals surface area contributed by atoms with Crippen molar-refractivity contribution in [2.45, 2.75) is 38.6 Å². The smallest absolute Gasteiger partial charge is 0.292 e. The third kappa shape index (κ3) is 3.90. The molecular formula is C16H24N4O3. The summed E-state index contributed by atoms with van der Waals surface area (Å²) >= 11 is 0. The van der Waals surface area contributed by atoms with Crippen molar-refractivity contribution in [1.29, 1.82) is 0 Å². The topological polar surface area (TPSA) is 87.5 Å². The molecule has 0 aromatic carbocycles. The van der Waals surface area contributed by atoms with Crippen LogP contribution in [0.1, 0.15) is 41.9 Å². The quantitative estimate of drug-likeness (QED) is 0.856. The molecule has 0 spiro atoms. The molecule has 0 radical (unpaired) electrons. The largest absolute Gasteiger partial charge is 0.351 e. The van der Waals surface area contributed by atoms with Crippen LogP contribution in [0.3, 0.4) is 0 Å². The molecule has 0 bridgehead atoms. The van der Waals surface area contributed by atoms with Crippen molar-refractivity contribution in [3.05, 3.63) is 17.5 Å². The number of nitrogens with one attached hydrogen (secondary N) is 2. The van der Waals surface area contributed by atoms with Crippen LogP contribution in [-0.2, 0) is 4.79 Å². The maximum atomic E-state index is 12.4. The molecule has 0 saturated carbocycles. The Bertz CT molecular complexity index is 565. The van der Waals surface area contributed by atoms with Gasteiger partial charge in [-0.25, -0.2) is 0 Å². The fourth-order valence-electron chi connectivity index (χ4n) is 3.29. The molecule has 3 rings (SSSR count). The number of hydrogen-bond acceptors (Lipinski definition) is 5. The summed E-state index contributed by atoms with van der Waals surface area (Å²) in [5.74, 6) is 0.272. The van der Waals surface area contributed by atoms with Crippen molar-refractivity contribution in [2.24, 2.45) is 5.92 Å². The summed E-state index contributed by atoms with van der Waals surface area (Å²) in [7, 11) is 0. The predicted molar refractivity (Wildman–Crippen MR) is 83.9 cm³/mol. The molecular weight excluding hydrogens is 296 g/mol. The van der Waals surface area contributed by atoms with Gasteiger partial charge in [0.25, 0.3) is 5.91 Å². The van der Waals surface area contributed by atoms with Gasteiger partial charge in [0.1, 0.15) is 0 Å². The van der Waals surface area contributed by atoms with Crippen LogP contribution < -0.4 is 10.6 Å². The molecule has 2 amide bonds. The maximum absolute atomic E-state index is 12.4. The molecule has 0 aliphatic carbocycles. The fourth-order valence-corrected chi connectivity index (χ4v) is 3.29. The second-order valence-corrected chi connectivity index (χ2v) is 6.47. The van der Waals surface area contributed by atoms with E-state index >= 15 is 0 Å². The lowest BCUT2D eigenvalue weighted by Crippen LogP contribution is -2.52. The zero-order valence-electron chi connectivity index (χ0n) is 13.5. The number of aromatic nitrogens is 1. The van der Waals surface area contributed by atoms with Crippen molar-refractivity contribution in [3.8, 4) is 0 Å². The van der Waals surface area contributed by atoms with Gasteiger partial charge in [-0.05, 0) is 39.2 Å². The molecule has 7 heteroatoms.